The minimum absolute atomic E-state index is 0.00311. The summed E-state index contributed by atoms with van der Waals surface area (Å²) in [7, 11) is -4.09. The molecule has 0 aliphatic heterocycles. The van der Waals surface area contributed by atoms with Crippen molar-refractivity contribution >= 4 is 27.3 Å². The molecule has 3 aromatic rings. The van der Waals surface area contributed by atoms with Crippen molar-refractivity contribution in [2.75, 3.05) is 4.72 Å². The predicted molar refractivity (Wildman–Crippen MR) is 119 cm³/mol. The molecule has 0 heterocycles. The summed E-state index contributed by atoms with van der Waals surface area (Å²) < 4.78 is 56.1. The van der Waals surface area contributed by atoms with Gasteiger partial charge >= 0.3 is 6.61 Å². The molecule has 9 nitrogen and oxygen atoms in total. The third kappa shape index (κ3) is 6.25. The molecule has 0 spiro atoms. The number of benzene rings is 3. The molecular formula is C22H19F2N3O6S. The number of amides is 1. The topological polar surface area (TPSA) is 128 Å². The highest BCUT2D eigenvalue weighted by atomic mass is 32.2. The Bertz CT molecular complexity index is 1300. The third-order valence-electron chi connectivity index (χ3n) is 4.69. The highest BCUT2D eigenvalue weighted by molar-refractivity contribution is 7.92. The second-order valence-electron chi connectivity index (χ2n) is 7.09. The lowest BCUT2D eigenvalue weighted by Gasteiger charge is -2.10. The van der Waals surface area contributed by atoms with E-state index in [9.17, 15) is 32.1 Å². The molecule has 12 heteroatoms. The van der Waals surface area contributed by atoms with Gasteiger partial charge in [0, 0.05) is 29.4 Å². The van der Waals surface area contributed by atoms with E-state index in [1.165, 1.54) is 67.6 Å². The zero-order chi connectivity index (χ0) is 24.9. The predicted octanol–water partition coefficient (Wildman–Crippen LogP) is 4.24. The summed E-state index contributed by atoms with van der Waals surface area (Å²) in [5.74, 6) is -0.431. The summed E-state index contributed by atoms with van der Waals surface area (Å²) in [6.45, 7) is -1.29. The van der Waals surface area contributed by atoms with Crippen LogP contribution >= 0.6 is 0 Å². The van der Waals surface area contributed by atoms with Crippen molar-refractivity contribution in [2.45, 2.75) is 25.0 Å². The van der Waals surface area contributed by atoms with Crippen molar-refractivity contribution in [3.8, 4) is 5.75 Å². The first-order valence-corrected chi connectivity index (χ1v) is 11.2. The van der Waals surface area contributed by atoms with E-state index >= 15 is 0 Å². The molecule has 0 atom stereocenters. The Morgan fingerprint density at radius 3 is 2.29 bits per heavy atom. The van der Waals surface area contributed by atoms with Gasteiger partial charge in [0.2, 0.25) is 0 Å². The van der Waals surface area contributed by atoms with Gasteiger partial charge in [-0.2, -0.15) is 8.78 Å². The number of anilines is 1. The van der Waals surface area contributed by atoms with Gasteiger partial charge in [0.15, 0.2) is 0 Å². The summed E-state index contributed by atoms with van der Waals surface area (Å²) in [6.07, 6.45) is 0. The number of nitrogens with one attached hydrogen (secondary N) is 2. The smallest absolute Gasteiger partial charge is 0.387 e. The molecule has 0 saturated carbocycles. The number of hydrogen-bond acceptors (Lipinski definition) is 6. The Hall–Kier alpha value is -4.06. The first-order chi connectivity index (χ1) is 16.0. The summed E-state index contributed by atoms with van der Waals surface area (Å²) in [4.78, 5) is 22.5. The van der Waals surface area contributed by atoms with Crippen LogP contribution in [0.5, 0.6) is 5.75 Å². The fourth-order valence-corrected chi connectivity index (χ4v) is 4.01. The zero-order valence-electron chi connectivity index (χ0n) is 17.7. The number of nitro benzene ring substituents is 1. The summed E-state index contributed by atoms with van der Waals surface area (Å²) >= 11 is 0. The minimum Gasteiger partial charge on any atom is -0.435 e. The van der Waals surface area contributed by atoms with Crippen LogP contribution in [0.1, 0.15) is 21.5 Å². The van der Waals surface area contributed by atoms with E-state index in [2.05, 4.69) is 14.8 Å². The lowest BCUT2D eigenvalue weighted by Crippen LogP contribution is -2.22. The van der Waals surface area contributed by atoms with E-state index in [0.29, 0.717) is 11.1 Å². The molecule has 2 N–H and O–H groups in total. The average Bonchev–Trinajstić information content (AvgIpc) is 2.78. The second-order valence-corrected chi connectivity index (χ2v) is 8.78. The van der Waals surface area contributed by atoms with Crippen molar-refractivity contribution in [1.82, 2.24) is 5.32 Å². The second kappa shape index (κ2) is 10.3. The molecule has 0 saturated heterocycles. The largest absolute Gasteiger partial charge is 0.435 e. The van der Waals surface area contributed by atoms with Crippen molar-refractivity contribution in [2.24, 2.45) is 0 Å². The Labute approximate surface area is 193 Å². The highest BCUT2D eigenvalue weighted by Crippen LogP contribution is 2.24. The summed E-state index contributed by atoms with van der Waals surface area (Å²) in [5, 5.41) is 13.7. The minimum atomic E-state index is -4.09. The van der Waals surface area contributed by atoms with Crippen LogP contribution in [0.25, 0.3) is 0 Å². The average molecular weight is 491 g/mol. The lowest BCUT2D eigenvalue weighted by atomic mass is 10.2. The molecule has 0 radical (unpaired) electrons. The number of alkyl halides is 2. The van der Waals surface area contributed by atoms with Gasteiger partial charge in [0.1, 0.15) is 5.75 Å². The third-order valence-corrected chi connectivity index (χ3v) is 6.07. The van der Waals surface area contributed by atoms with Crippen LogP contribution in [0.3, 0.4) is 0 Å². The number of ether oxygens (including phenoxy) is 1. The molecule has 34 heavy (non-hydrogen) atoms. The number of carbonyl (C=O) groups is 1. The van der Waals surface area contributed by atoms with Gasteiger partial charge < -0.3 is 10.1 Å². The first kappa shape index (κ1) is 24.6. The molecule has 3 aromatic carbocycles. The van der Waals surface area contributed by atoms with Crippen molar-refractivity contribution in [1.29, 1.82) is 0 Å². The molecule has 0 aliphatic carbocycles. The van der Waals surface area contributed by atoms with Crippen molar-refractivity contribution < 1.29 is 31.7 Å². The molecule has 0 fully saturated rings. The number of aryl methyl sites for hydroxylation is 1. The molecule has 0 unspecified atom stereocenters. The maximum atomic E-state index is 12.6. The molecule has 0 aliphatic rings. The molecule has 0 aromatic heterocycles. The van der Waals surface area contributed by atoms with Gasteiger partial charge in [-0.1, -0.05) is 18.2 Å². The van der Waals surface area contributed by atoms with Crippen LogP contribution in [-0.4, -0.2) is 25.9 Å². The number of halogens is 2. The Balaban J connectivity index is 1.62. The van der Waals surface area contributed by atoms with Crippen LogP contribution in [0, 0.1) is 17.0 Å². The van der Waals surface area contributed by atoms with Crippen LogP contribution in [0.15, 0.2) is 71.6 Å². The number of nitro groups is 1. The molecule has 178 valence electrons. The van der Waals surface area contributed by atoms with Crippen LogP contribution in [0.2, 0.25) is 0 Å². The van der Waals surface area contributed by atoms with E-state index < -0.39 is 27.5 Å². The Morgan fingerprint density at radius 2 is 1.71 bits per heavy atom. The van der Waals surface area contributed by atoms with E-state index in [0.717, 1.165) is 6.07 Å². The van der Waals surface area contributed by atoms with Crippen LogP contribution in [-0.2, 0) is 16.6 Å². The fourth-order valence-electron chi connectivity index (χ4n) is 2.93. The van der Waals surface area contributed by atoms with Gasteiger partial charge in [-0.3, -0.25) is 19.6 Å². The SMILES string of the molecule is Cc1ccc(S(=O)(=O)Nc2ccc(C(=O)NCc3ccc(OC(F)F)cc3)cc2)cc1[N+](=O)[O-]. The lowest BCUT2D eigenvalue weighted by molar-refractivity contribution is -0.385. The standard InChI is InChI=1S/C22H19F2N3O6S/c1-14-2-11-19(12-20(14)27(29)30)34(31,32)26-17-7-5-16(6-8-17)21(28)25-13-15-3-9-18(10-4-15)33-22(23)24/h2-12,22,26H,13H2,1H3,(H,25,28). The maximum Gasteiger partial charge on any atom is 0.387 e. The number of carbonyl (C=O) groups excluding carboxylic acids is 1. The number of sulfonamides is 1. The van der Waals surface area contributed by atoms with Crippen LogP contribution in [0.4, 0.5) is 20.2 Å². The molecular weight excluding hydrogens is 472 g/mol. The zero-order valence-corrected chi connectivity index (χ0v) is 18.5. The molecule has 0 bridgehead atoms. The highest BCUT2D eigenvalue weighted by Gasteiger charge is 2.20. The molecule has 3 rings (SSSR count). The number of nitrogens with zero attached hydrogens (tertiary/aromatic N) is 1. The van der Waals surface area contributed by atoms with Gasteiger partial charge in [-0.05, 0) is 55.0 Å². The summed E-state index contributed by atoms with van der Waals surface area (Å²) in [5.41, 5.74) is 1.09. The van der Waals surface area contributed by atoms with Gasteiger partial charge in [-0.15, -0.1) is 0 Å². The van der Waals surface area contributed by atoms with Gasteiger partial charge in [0.25, 0.3) is 21.6 Å². The van der Waals surface area contributed by atoms with E-state index in [-0.39, 0.29) is 34.1 Å². The van der Waals surface area contributed by atoms with Crippen molar-refractivity contribution in [3.05, 3.63) is 93.5 Å². The van der Waals surface area contributed by atoms with E-state index in [1.807, 2.05) is 0 Å². The first-order valence-electron chi connectivity index (χ1n) is 9.75. The normalized spacial score (nSPS) is 11.2. The van der Waals surface area contributed by atoms with E-state index in [4.69, 9.17) is 0 Å². The Kier molecular flexibility index (Phi) is 7.41. The fraction of sp³-hybridized carbons (Fsp3) is 0.136. The van der Waals surface area contributed by atoms with Gasteiger partial charge in [-0.25, -0.2) is 8.42 Å². The van der Waals surface area contributed by atoms with E-state index in [1.54, 1.807) is 0 Å². The Morgan fingerprint density at radius 1 is 1.06 bits per heavy atom. The van der Waals surface area contributed by atoms with Crippen LogP contribution < -0.4 is 14.8 Å². The quantitative estimate of drug-likeness (QED) is 0.341. The number of rotatable bonds is 9. The monoisotopic (exact) mass is 491 g/mol. The maximum absolute atomic E-state index is 12.6. The van der Waals surface area contributed by atoms with Gasteiger partial charge in [0.05, 0.1) is 9.82 Å². The molecule has 1 amide bonds. The summed E-state index contributed by atoms with van der Waals surface area (Å²) in [6, 6.07) is 14.9. The van der Waals surface area contributed by atoms with Crippen molar-refractivity contribution in [3.63, 3.8) is 0 Å². The number of hydrogen-bond donors (Lipinski definition) is 2.